The Hall–Kier alpha value is -1.88. The molecule has 0 radical (unpaired) electrons. The van der Waals surface area contributed by atoms with E-state index < -0.39 is 0 Å². The molecule has 1 N–H and O–H groups in total. The summed E-state index contributed by atoms with van der Waals surface area (Å²) in [4.78, 5) is 10.5. The molecule has 0 aliphatic rings. The van der Waals surface area contributed by atoms with Crippen molar-refractivity contribution in [1.82, 2.24) is 5.32 Å². The summed E-state index contributed by atoms with van der Waals surface area (Å²) in [6.45, 7) is 8.61. The smallest absolute Gasteiger partial charge is 0.272 e. The molecule has 19 heavy (non-hydrogen) atoms. The Morgan fingerprint density at radius 2 is 2.32 bits per heavy atom. The van der Waals surface area contributed by atoms with Crippen molar-refractivity contribution in [1.29, 1.82) is 0 Å². The van der Waals surface area contributed by atoms with Gasteiger partial charge < -0.3 is 10.1 Å². The maximum absolute atomic E-state index is 10.9. The predicted octanol–water partition coefficient (Wildman–Crippen LogP) is 3.10. The van der Waals surface area contributed by atoms with E-state index in [9.17, 15) is 10.1 Å². The average Bonchev–Trinajstić information content (AvgIpc) is 2.38. The lowest BCUT2D eigenvalue weighted by atomic mass is 10.0. The average molecular weight is 264 g/mol. The molecule has 0 amide bonds. The van der Waals surface area contributed by atoms with Crippen LogP contribution in [-0.4, -0.2) is 18.1 Å². The van der Waals surface area contributed by atoms with Gasteiger partial charge in [-0.25, -0.2) is 0 Å². The number of nitrogens with zero attached hydrogens (tertiary/aromatic N) is 1. The van der Waals surface area contributed by atoms with Crippen molar-refractivity contribution in [3.8, 4) is 0 Å². The number of ether oxygens (including phenoxy) is 1. The van der Waals surface area contributed by atoms with Crippen LogP contribution >= 0.6 is 0 Å². The molecule has 0 spiro atoms. The number of nitro benzene ring substituents is 1. The summed E-state index contributed by atoms with van der Waals surface area (Å²) in [5.74, 6) is 0. The van der Waals surface area contributed by atoms with Gasteiger partial charge in [0.05, 0.1) is 17.8 Å². The minimum Gasteiger partial charge on any atom is -0.502 e. The molecule has 104 valence electrons. The monoisotopic (exact) mass is 264 g/mol. The fraction of sp³-hybridized carbons (Fsp3) is 0.429. The van der Waals surface area contributed by atoms with Crippen molar-refractivity contribution in [3.05, 3.63) is 52.3 Å². The number of benzene rings is 1. The third-order valence-corrected chi connectivity index (χ3v) is 2.94. The lowest BCUT2D eigenvalue weighted by Gasteiger charge is -2.14. The molecule has 1 rings (SSSR count). The SMILES string of the molecule is C=COCCCNC(C)c1ccc(C)c([N+](=O)[O-])c1. The first-order valence-electron chi connectivity index (χ1n) is 6.27. The van der Waals surface area contributed by atoms with E-state index >= 15 is 0 Å². The molecule has 0 aliphatic heterocycles. The summed E-state index contributed by atoms with van der Waals surface area (Å²) in [6.07, 6.45) is 2.29. The first-order chi connectivity index (χ1) is 9.06. The Balaban J connectivity index is 2.57. The first kappa shape index (κ1) is 15.2. The van der Waals surface area contributed by atoms with Crippen LogP contribution in [0.1, 0.15) is 30.5 Å². The fourth-order valence-electron chi connectivity index (χ4n) is 1.77. The zero-order chi connectivity index (χ0) is 14.3. The van der Waals surface area contributed by atoms with Gasteiger partial charge in [-0.05, 0) is 32.4 Å². The summed E-state index contributed by atoms with van der Waals surface area (Å²) in [7, 11) is 0. The van der Waals surface area contributed by atoms with Crippen LogP contribution in [0.25, 0.3) is 0 Å². The van der Waals surface area contributed by atoms with Crippen LogP contribution < -0.4 is 5.32 Å². The Morgan fingerprint density at radius 3 is 2.95 bits per heavy atom. The standard InChI is InChI=1S/C14H20N2O3/c1-4-19-9-5-8-15-12(3)13-7-6-11(2)14(10-13)16(17)18/h4,6-7,10,12,15H,1,5,8-9H2,2-3H3. The Bertz CT molecular complexity index is 446. The first-order valence-corrected chi connectivity index (χ1v) is 6.27. The summed E-state index contributed by atoms with van der Waals surface area (Å²) in [6, 6.07) is 5.41. The molecule has 1 aromatic rings. The van der Waals surface area contributed by atoms with Crippen molar-refractivity contribution < 1.29 is 9.66 Å². The van der Waals surface area contributed by atoms with Gasteiger partial charge in [0, 0.05) is 17.7 Å². The Morgan fingerprint density at radius 1 is 1.58 bits per heavy atom. The lowest BCUT2D eigenvalue weighted by molar-refractivity contribution is -0.385. The third-order valence-electron chi connectivity index (χ3n) is 2.94. The van der Waals surface area contributed by atoms with Crippen LogP contribution in [0.4, 0.5) is 5.69 Å². The van der Waals surface area contributed by atoms with Gasteiger partial charge in [-0.15, -0.1) is 0 Å². The van der Waals surface area contributed by atoms with Crippen molar-refractivity contribution in [2.75, 3.05) is 13.2 Å². The van der Waals surface area contributed by atoms with Gasteiger partial charge in [-0.2, -0.15) is 0 Å². The van der Waals surface area contributed by atoms with Crippen LogP contribution in [0.3, 0.4) is 0 Å². The molecule has 0 aliphatic carbocycles. The zero-order valence-electron chi connectivity index (χ0n) is 11.4. The number of nitro groups is 1. The second-order valence-electron chi connectivity index (χ2n) is 4.37. The number of aryl methyl sites for hydroxylation is 1. The minimum atomic E-state index is -0.344. The van der Waals surface area contributed by atoms with Gasteiger partial charge in [-0.1, -0.05) is 18.7 Å². The highest BCUT2D eigenvalue weighted by molar-refractivity contribution is 5.43. The molecule has 1 aromatic carbocycles. The van der Waals surface area contributed by atoms with Gasteiger partial charge in [0.1, 0.15) is 0 Å². The van der Waals surface area contributed by atoms with Crippen LogP contribution in [0, 0.1) is 17.0 Å². The summed E-state index contributed by atoms with van der Waals surface area (Å²) in [5.41, 5.74) is 1.77. The number of hydrogen-bond donors (Lipinski definition) is 1. The second kappa shape index (κ2) is 7.53. The lowest BCUT2D eigenvalue weighted by Crippen LogP contribution is -2.20. The van der Waals surface area contributed by atoms with E-state index in [2.05, 4.69) is 11.9 Å². The van der Waals surface area contributed by atoms with Gasteiger partial charge >= 0.3 is 0 Å². The number of nitrogens with one attached hydrogen (secondary N) is 1. The van der Waals surface area contributed by atoms with Crippen molar-refractivity contribution in [2.24, 2.45) is 0 Å². The molecule has 0 aromatic heterocycles. The highest BCUT2D eigenvalue weighted by atomic mass is 16.6. The Labute approximate surface area is 113 Å². The second-order valence-corrected chi connectivity index (χ2v) is 4.37. The van der Waals surface area contributed by atoms with Crippen molar-refractivity contribution >= 4 is 5.69 Å². The molecule has 5 heteroatoms. The number of hydrogen-bond acceptors (Lipinski definition) is 4. The quantitative estimate of drug-likeness (QED) is 0.339. The molecule has 0 bridgehead atoms. The molecule has 1 atom stereocenters. The third kappa shape index (κ3) is 4.71. The maximum Gasteiger partial charge on any atom is 0.272 e. The van der Waals surface area contributed by atoms with E-state index in [4.69, 9.17) is 4.74 Å². The molecule has 5 nitrogen and oxygen atoms in total. The van der Waals surface area contributed by atoms with E-state index in [1.165, 1.54) is 6.26 Å². The summed E-state index contributed by atoms with van der Waals surface area (Å²) < 4.78 is 5.02. The van der Waals surface area contributed by atoms with Crippen LogP contribution in [0.2, 0.25) is 0 Å². The molecule has 0 saturated heterocycles. The zero-order valence-corrected chi connectivity index (χ0v) is 11.4. The van der Waals surface area contributed by atoms with E-state index in [1.54, 1.807) is 19.1 Å². The molecule has 0 saturated carbocycles. The topological polar surface area (TPSA) is 64.4 Å². The highest BCUT2D eigenvalue weighted by Crippen LogP contribution is 2.23. The molecular weight excluding hydrogens is 244 g/mol. The van der Waals surface area contributed by atoms with Gasteiger partial charge in [-0.3, -0.25) is 10.1 Å². The largest absolute Gasteiger partial charge is 0.502 e. The van der Waals surface area contributed by atoms with Crippen molar-refractivity contribution in [3.63, 3.8) is 0 Å². The molecule has 0 heterocycles. The molecule has 1 unspecified atom stereocenters. The number of rotatable bonds is 8. The van der Waals surface area contributed by atoms with E-state index in [0.29, 0.717) is 12.2 Å². The van der Waals surface area contributed by atoms with Crippen LogP contribution in [0.5, 0.6) is 0 Å². The van der Waals surface area contributed by atoms with Crippen LogP contribution in [-0.2, 0) is 4.74 Å². The summed E-state index contributed by atoms with van der Waals surface area (Å²) in [5, 5.41) is 14.2. The van der Waals surface area contributed by atoms with Gasteiger partial charge in [0.15, 0.2) is 0 Å². The molecule has 0 fully saturated rings. The Kier molecular flexibility index (Phi) is 6.02. The predicted molar refractivity (Wildman–Crippen MR) is 75.0 cm³/mol. The van der Waals surface area contributed by atoms with Crippen molar-refractivity contribution in [2.45, 2.75) is 26.3 Å². The van der Waals surface area contributed by atoms with Gasteiger partial charge in [0.2, 0.25) is 0 Å². The van der Waals surface area contributed by atoms with Crippen LogP contribution in [0.15, 0.2) is 31.0 Å². The highest BCUT2D eigenvalue weighted by Gasteiger charge is 2.13. The van der Waals surface area contributed by atoms with E-state index in [0.717, 1.165) is 18.5 Å². The molecular formula is C14H20N2O3. The normalized spacial score (nSPS) is 11.9. The van der Waals surface area contributed by atoms with Gasteiger partial charge in [0.25, 0.3) is 5.69 Å². The maximum atomic E-state index is 10.9. The fourth-order valence-corrected chi connectivity index (χ4v) is 1.77. The minimum absolute atomic E-state index is 0.0723. The van der Waals surface area contributed by atoms with E-state index in [-0.39, 0.29) is 16.7 Å². The van der Waals surface area contributed by atoms with E-state index in [1.807, 2.05) is 13.0 Å². The summed E-state index contributed by atoms with van der Waals surface area (Å²) >= 11 is 0.